The highest BCUT2D eigenvalue weighted by molar-refractivity contribution is 7.10. The van der Waals surface area contributed by atoms with E-state index in [1.54, 1.807) is 11.1 Å². The number of nitrogens with zero attached hydrogens (tertiary/aromatic N) is 4. The first-order valence-corrected chi connectivity index (χ1v) is 11.4. The second-order valence-corrected chi connectivity index (χ2v) is 8.69. The SMILES string of the molecule is CN=C(NCCc1ccc(-n2cccn2)cc1)NCC(C)N1CCc2sccc2C1. The van der Waals surface area contributed by atoms with E-state index in [0.29, 0.717) is 6.04 Å². The maximum Gasteiger partial charge on any atom is 0.191 e. The molecule has 0 fully saturated rings. The lowest BCUT2D eigenvalue weighted by atomic mass is 10.1. The third-order valence-electron chi connectivity index (χ3n) is 5.66. The summed E-state index contributed by atoms with van der Waals surface area (Å²) in [5.74, 6) is 0.864. The minimum absolute atomic E-state index is 0.464. The van der Waals surface area contributed by atoms with Crippen LogP contribution in [0.2, 0.25) is 0 Å². The molecule has 4 rings (SSSR count). The molecule has 0 aliphatic carbocycles. The zero-order valence-electron chi connectivity index (χ0n) is 17.7. The van der Waals surface area contributed by atoms with E-state index in [9.17, 15) is 0 Å². The number of rotatable bonds is 7. The molecule has 6 nitrogen and oxygen atoms in total. The number of nitrogens with one attached hydrogen (secondary N) is 2. The summed E-state index contributed by atoms with van der Waals surface area (Å²) < 4.78 is 1.87. The van der Waals surface area contributed by atoms with Gasteiger partial charge in [0.1, 0.15) is 0 Å². The minimum Gasteiger partial charge on any atom is -0.356 e. The van der Waals surface area contributed by atoms with Crippen LogP contribution in [-0.4, -0.2) is 53.4 Å². The van der Waals surface area contributed by atoms with Gasteiger partial charge in [-0.3, -0.25) is 9.89 Å². The summed E-state index contributed by atoms with van der Waals surface area (Å²) in [6.45, 7) is 6.22. The molecule has 30 heavy (non-hydrogen) atoms. The van der Waals surface area contributed by atoms with Gasteiger partial charge in [-0.25, -0.2) is 4.68 Å². The summed E-state index contributed by atoms with van der Waals surface area (Å²) >= 11 is 1.89. The molecular formula is C23H30N6S. The second kappa shape index (κ2) is 9.91. The van der Waals surface area contributed by atoms with Crippen molar-refractivity contribution < 1.29 is 0 Å². The van der Waals surface area contributed by atoms with Gasteiger partial charge < -0.3 is 10.6 Å². The van der Waals surface area contributed by atoms with Gasteiger partial charge in [-0.15, -0.1) is 11.3 Å². The molecule has 3 heterocycles. The van der Waals surface area contributed by atoms with Crippen molar-refractivity contribution in [3.63, 3.8) is 0 Å². The van der Waals surface area contributed by atoms with E-state index in [1.807, 2.05) is 35.3 Å². The van der Waals surface area contributed by atoms with Crippen molar-refractivity contribution >= 4 is 17.3 Å². The topological polar surface area (TPSA) is 57.5 Å². The quantitative estimate of drug-likeness (QED) is 0.454. The highest BCUT2D eigenvalue weighted by atomic mass is 32.1. The molecular weight excluding hydrogens is 392 g/mol. The zero-order valence-corrected chi connectivity index (χ0v) is 18.5. The fourth-order valence-corrected chi connectivity index (χ4v) is 4.69. The van der Waals surface area contributed by atoms with E-state index >= 15 is 0 Å². The average Bonchev–Trinajstić information content (AvgIpc) is 3.48. The standard InChI is InChI=1S/C23H30N6S/c1-18(28-14-9-22-20(17-28)10-15-30-22)16-26-23(24-2)25-12-8-19-4-6-21(7-5-19)29-13-3-11-27-29/h3-7,10-11,13,15,18H,8-9,12,14,16-17H2,1-2H3,(H2,24,25,26). The van der Waals surface area contributed by atoms with Crippen LogP contribution in [0.4, 0.5) is 0 Å². The van der Waals surface area contributed by atoms with Crippen molar-refractivity contribution in [1.82, 2.24) is 25.3 Å². The molecule has 2 N–H and O–H groups in total. The Morgan fingerprint density at radius 2 is 2.10 bits per heavy atom. The molecule has 1 atom stereocenters. The zero-order chi connectivity index (χ0) is 20.8. The number of aromatic nitrogens is 2. The van der Waals surface area contributed by atoms with Crippen LogP contribution in [0.1, 0.15) is 22.9 Å². The number of aliphatic imine (C=N–C) groups is 1. The molecule has 1 aliphatic rings. The Morgan fingerprint density at radius 1 is 1.23 bits per heavy atom. The second-order valence-electron chi connectivity index (χ2n) is 7.69. The summed E-state index contributed by atoms with van der Waals surface area (Å²) in [6.07, 6.45) is 5.87. The average molecular weight is 423 g/mol. The fraction of sp³-hybridized carbons (Fsp3) is 0.391. The summed E-state index contributed by atoms with van der Waals surface area (Å²) in [6, 6.07) is 13.2. The lowest BCUT2D eigenvalue weighted by Gasteiger charge is -2.32. The van der Waals surface area contributed by atoms with Crippen LogP contribution in [0.15, 0.2) is 59.2 Å². The van der Waals surface area contributed by atoms with Gasteiger partial charge in [0, 0.05) is 56.5 Å². The Hall–Kier alpha value is -2.64. The minimum atomic E-state index is 0.464. The van der Waals surface area contributed by atoms with Gasteiger partial charge in [0.25, 0.3) is 0 Å². The van der Waals surface area contributed by atoms with E-state index in [4.69, 9.17) is 0 Å². The molecule has 7 heteroatoms. The summed E-state index contributed by atoms with van der Waals surface area (Å²) in [4.78, 5) is 8.49. The van der Waals surface area contributed by atoms with E-state index in [0.717, 1.165) is 44.2 Å². The van der Waals surface area contributed by atoms with Gasteiger partial charge >= 0.3 is 0 Å². The normalized spacial score (nSPS) is 15.6. The molecule has 1 aromatic carbocycles. The highest BCUT2D eigenvalue weighted by Crippen LogP contribution is 2.24. The van der Waals surface area contributed by atoms with E-state index in [-0.39, 0.29) is 0 Å². The van der Waals surface area contributed by atoms with Crippen molar-refractivity contribution in [2.45, 2.75) is 32.4 Å². The predicted octanol–water partition coefficient (Wildman–Crippen LogP) is 3.09. The number of benzene rings is 1. The molecule has 0 amide bonds. The lowest BCUT2D eigenvalue weighted by Crippen LogP contribution is -2.47. The molecule has 0 bridgehead atoms. The van der Waals surface area contributed by atoms with Gasteiger partial charge in [0.15, 0.2) is 5.96 Å². The molecule has 3 aromatic rings. The van der Waals surface area contributed by atoms with Crippen LogP contribution in [0.5, 0.6) is 0 Å². The molecule has 0 saturated heterocycles. The van der Waals surface area contributed by atoms with Crippen molar-refractivity contribution in [3.8, 4) is 5.69 Å². The summed E-state index contributed by atoms with van der Waals surface area (Å²) in [5.41, 5.74) is 3.87. The summed E-state index contributed by atoms with van der Waals surface area (Å²) in [7, 11) is 1.83. The Bertz CT molecular complexity index is 945. The lowest BCUT2D eigenvalue weighted by molar-refractivity contribution is 0.192. The molecule has 1 unspecified atom stereocenters. The van der Waals surface area contributed by atoms with E-state index in [1.165, 1.54) is 17.5 Å². The summed E-state index contributed by atoms with van der Waals surface area (Å²) in [5, 5.41) is 13.4. The monoisotopic (exact) mass is 422 g/mol. The Labute approximate surface area is 182 Å². The number of guanidine groups is 1. The Morgan fingerprint density at radius 3 is 2.87 bits per heavy atom. The van der Waals surface area contributed by atoms with Crippen LogP contribution < -0.4 is 10.6 Å². The van der Waals surface area contributed by atoms with E-state index < -0.39 is 0 Å². The van der Waals surface area contributed by atoms with Crippen LogP contribution >= 0.6 is 11.3 Å². The van der Waals surface area contributed by atoms with E-state index in [2.05, 4.69) is 68.3 Å². The highest BCUT2D eigenvalue weighted by Gasteiger charge is 2.21. The van der Waals surface area contributed by atoms with Gasteiger partial charge in [-0.05, 0) is 60.5 Å². The largest absolute Gasteiger partial charge is 0.356 e. The Balaban J connectivity index is 1.20. The van der Waals surface area contributed by atoms with Crippen LogP contribution in [0.25, 0.3) is 5.69 Å². The Kier molecular flexibility index (Phi) is 6.81. The maximum absolute atomic E-state index is 4.38. The van der Waals surface area contributed by atoms with Gasteiger partial charge in [0.05, 0.1) is 5.69 Å². The van der Waals surface area contributed by atoms with Gasteiger partial charge in [0.2, 0.25) is 0 Å². The maximum atomic E-state index is 4.38. The van der Waals surface area contributed by atoms with Crippen LogP contribution in [0.3, 0.4) is 0 Å². The first-order chi connectivity index (χ1) is 14.7. The van der Waals surface area contributed by atoms with Crippen LogP contribution in [-0.2, 0) is 19.4 Å². The molecule has 1 aliphatic heterocycles. The fourth-order valence-electron chi connectivity index (χ4n) is 3.80. The number of hydrogen-bond donors (Lipinski definition) is 2. The smallest absolute Gasteiger partial charge is 0.191 e. The van der Waals surface area contributed by atoms with Crippen molar-refractivity contribution in [2.75, 3.05) is 26.7 Å². The first kappa shape index (κ1) is 20.6. The van der Waals surface area contributed by atoms with Gasteiger partial charge in [-0.1, -0.05) is 12.1 Å². The number of hydrogen-bond acceptors (Lipinski definition) is 4. The first-order valence-electron chi connectivity index (χ1n) is 10.6. The molecule has 0 radical (unpaired) electrons. The molecule has 2 aromatic heterocycles. The molecule has 0 spiro atoms. The number of thiophene rings is 1. The van der Waals surface area contributed by atoms with Crippen molar-refractivity contribution in [3.05, 3.63) is 70.2 Å². The van der Waals surface area contributed by atoms with Gasteiger partial charge in [-0.2, -0.15) is 5.10 Å². The van der Waals surface area contributed by atoms with Crippen molar-refractivity contribution in [2.24, 2.45) is 4.99 Å². The molecule has 0 saturated carbocycles. The van der Waals surface area contributed by atoms with Crippen LogP contribution in [0, 0.1) is 0 Å². The van der Waals surface area contributed by atoms with Crippen molar-refractivity contribution in [1.29, 1.82) is 0 Å². The third-order valence-corrected chi connectivity index (χ3v) is 6.68. The molecule has 158 valence electrons. The predicted molar refractivity (Wildman–Crippen MR) is 125 cm³/mol. The third kappa shape index (κ3) is 5.09. The number of fused-ring (bicyclic) bond motifs is 1.